The predicted octanol–water partition coefficient (Wildman–Crippen LogP) is 8.40. The van der Waals surface area contributed by atoms with Crippen LogP contribution < -0.4 is 0 Å². The zero-order valence-electron chi connectivity index (χ0n) is 20.3. The quantitative estimate of drug-likeness (QED) is 0.194. The molecule has 0 saturated heterocycles. The van der Waals surface area contributed by atoms with Crippen LogP contribution in [0.5, 0.6) is 0 Å². The minimum absolute atomic E-state index is 0.369. The lowest BCUT2D eigenvalue weighted by molar-refractivity contribution is 0.234. The van der Waals surface area contributed by atoms with Crippen molar-refractivity contribution in [2.24, 2.45) is 5.41 Å². The first-order valence-corrected chi connectivity index (χ1v) is 12.6. The number of thioether (sulfide) groups is 1. The van der Waals surface area contributed by atoms with Gasteiger partial charge in [-0.3, -0.25) is 4.68 Å². The van der Waals surface area contributed by atoms with Crippen LogP contribution >= 0.6 is 11.8 Å². The van der Waals surface area contributed by atoms with E-state index in [-0.39, 0.29) is 0 Å². The Morgan fingerprint density at radius 1 is 1.10 bits per heavy atom. The molecular weight excluding hydrogens is 384 g/mol. The summed E-state index contributed by atoms with van der Waals surface area (Å²) in [5, 5.41) is 5.04. The van der Waals surface area contributed by atoms with E-state index >= 15 is 0 Å². The highest BCUT2D eigenvalue weighted by molar-refractivity contribution is 8.03. The highest BCUT2D eigenvalue weighted by Crippen LogP contribution is 2.39. The number of rotatable bonds is 16. The number of aromatic nitrogens is 2. The van der Waals surface area contributed by atoms with Crippen LogP contribution in [0.3, 0.4) is 0 Å². The largest absolute Gasteiger partial charge is 0.265 e. The van der Waals surface area contributed by atoms with Gasteiger partial charge in [0.25, 0.3) is 0 Å². The van der Waals surface area contributed by atoms with Gasteiger partial charge >= 0.3 is 0 Å². The molecule has 0 spiro atoms. The third kappa shape index (κ3) is 7.04. The second kappa shape index (κ2) is 13.0. The van der Waals surface area contributed by atoms with Gasteiger partial charge in [-0.2, -0.15) is 5.10 Å². The van der Waals surface area contributed by atoms with Gasteiger partial charge in [-0.05, 0) is 68.3 Å². The van der Waals surface area contributed by atoms with Crippen LogP contribution in [-0.2, 0) is 19.4 Å². The predicted molar refractivity (Wildman–Crippen MR) is 138 cm³/mol. The van der Waals surface area contributed by atoms with E-state index in [0.29, 0.717) is 5.41 Å². The molecule has 1 heterocycles. The standard InChI is InChI=1S/C27H44N2S/c1-10-18-27(12-3,13-4)20-24-25(28-29(14-5)26(24)21(6)7)17-15-16-19-30-23(9)22(8)11-2/h11H,2,6,8-10,12-20H2,1,3-5,7H3. The highest BCUT2D eigenvalue weighted by Gasteiger charge is 2.30. The van der Waals surface area contributed by atoms with Crippen LogP contribution in [0.15, 0.2) is 42.9 Å². The Hall–Kier alpha value is -1.48. The fourth-order valence-electron chi connectivity index (χ4n) is 4.29. The van der Waals surface area contributed by atoms with Gasteiger partial charge in [0.15, 0.2) is 0 Å². The molecule has 0 aliphatic rings. The van der Waals surface area contributed by atoms with Gasteiger partial charge in [-0.1, -0.05) is 72.4 Å². The average molecular weight is 429 g/mol. The summed E-state index contributed by atoms with van der Waals surface area (Å²) in [5.74, 6) is 1.06. The maximum Gasteiger partial charge on any atom is 0.0668 e. The van der Waals surface area contributed by atoms with Gasteiger partial charge in [0.1, 0.15) is 0 Å². The first kappa shape index (κ1) is 26.6. The van der Waals surface area contributed by atoms with Gasteiger partial charge in [0, 0.05) is 17.0 Å². The molecule has 0 unspecified atom stereocenters. The molecule has 3 heteroatoms. The fraction of sp³-hybridized carbons (Fsp3) is 0.593. The Labute approximate surface area is 190 Å². The van der Waals surface area contributed by atoms with Gasteiger partial charge < -0.3 is 0 Å². The molecule has 0 atom stereocenters. The Morgan fingerprint density at radius 2 is 1.77 bits per heavy atom. The summed E-state index contributed by atoms with van der Waals surface area (Å²) < 4.78 is 2.18. The number of aryl methyl sites for hydroxylation is 2. The number of hydrogen-bond donors (Lipinski definition) is 0. The molecular formula is C27H44N2S. The molecule has 0 aromatic carbocycles. The Morgan fingerprint density at radius 3 is 2.27 bits per heavy atom. The molecule has 168 valence electrons. The van der Waals surface area contributed by atoms with Crippen molar-refractivity contribution >= 4 is 17.3 Å². The molecule has 0 N–H and O–H groups in total. The van der Waals surface area contributed by atoms with E-state index < -0.39 is 0 Å². The van der Waals surface area contributed by atoms with Gasteiger partial charge in [0.05, 0.1) is 11.4 Å². The van der Waals surface area contributed by atoms with Crippen molar-refractivity contribution in [2.45, 2.75) is 92.5 Å². The van der Waals surface area contributed by atoms with Crippen LogP contribution in [0.25, 0.3) is 5.57 Å². The molecule has 30 heavy (non-hydrogen) atoms. The minimum atomic E-state index is 0.369. The van der Waals surface area contributed by atoms with E-state index in [9.17, 15) is 0 Å². The molecule has 0 aliphatic heterocycles. The molecule has 0 aliphatic carbocycles. The van der Waals surface area contributed by atoms with Gasteiger partial charge in [0.2, 0.25) is 0 Å². The first-order valence-electron chi connectivity index (χ1n) is 11.7. The zero-order chi connectivity index (χ0) is 22.7. The molecule has 0 bridgehead atoms. The van der Waals surface area contributed by atoms with E-state index in [1.807, 2.05) is 0 Å². The van der Waals surface area contributed by atoms with Crippen molar-refractivity contribution in [3.05, 3.63) is 59.8 Å². The maximum absolute atomic E-state index is 5.04. The molecule has 0 saturated carbocycles. The number of nitrogens with zero attached hydrogens (tertiary/aromatic N) is 2. The van der Waals surface area contributed by atoms with Crippen molar-refractivity contribution in [2.75, 3.05) is 5.75 Å². The summed E-state index contributed by atoms with van der Waals surface area (Å²) in [6.45, 7) is 28.4. The first-order chi connectivity index (χ1) is 14.3. The maximum atomic E-state index is 5.04. The Balaban J connectivity index is 3.00. The van der Waals surface area contributed by atoms with E-state index in [1.54, 1.807) is 17.8 Å². The van der Waals surface area contributed by atoms with Crippen LogP contribution in [0, 0.1) is 5.41 Å². The average Bonchev–Trinajstić information content (AvgIpc) is 3.09. The highest BCUT2D eigenvalue weighted by atomic mass is 32.2. The van der Waals surface area contributed by atoms with Gasteiger partial charge in [-0.25, -0.2) is 0 Å². The summed E-state index contributed by atoms with van der Waals surface area (Å²) in [4.78, 5) is 1.03. The lowest BCUT2D eigenvalue weighted by atomic mass is 9.73. The Kier molecular flexibility index (Phi) is 11.5. The fourth-order valence-corrected chi connectivity index (χ4v) is 5.15. The van der Waals surface area contributed by atoms with Crippen LogP contribution in [0.4, 0.5) is 0 Å². The monoisotopic (exact) mass is 428 g/mol. The minimum Gasteiger partial charge on any atom is -0.265 e. The lowest BCUT2D eigenvalue weighted by Gasteiger charge is -2.32. The Bertz CT molecular complexity index is 734. The molecule has 2 nitrogen and oxygen atoms in total. The van der Waals surface area contributed by atoms with Gasteiger partial charge in [-0.15, -0.1) is 11.8 Å². The summed E-state index contributed by atoms with van der Waals surface area (Å²) in [6, 6.07) is 0. The molecule has 0 radical (unpaired) electrons. The second-order valence-electron chi connectivity index (χ2n) is 8.46. The van der Waals surface area contributed by atoms with E-state index in [4.69, 9.17) is 5.10 Å². The smallest absolute Gasteiger partial charge is 0.0668 e. The zero-order valence-corrected chi connectivity index (χ0v) is 21.1. The van der Waals surface area contributed by atoms with Crippen LogP contribution in [-0.4, -0.2) is 15.5 Å². The van der Waals surface area contributed by atoms with E-state index in [0.717, 1.165) is 54.0 Å². The van der Waals surface area contributed by atoms with Crippen LogP contribution in [0.1, 0.15) is 90.1 Å². The molecule has 1 rings (SSSR count). The van der Waals surface area contributed by atoms with Crippen LogP contribution in [0.2, 0.25) is 0 Å². The lowest BCUT2D eigenvalue weighted by Crippen LogP contribution is -2.23. The number of allylic oxidation sites excluding steroid dienone is 3. The normalized spacial score (nSPS) is 11.5. The molecule has 1 aromatic heterocycles. The SMILES string of the molecule is C=CC(=C)C(=C)SCCCCc1nn(CC)c(C(=C)C)c1CC(CC)(CC)CCC. The van der Waals surface area contributed by atoms with Crippen molar-refractivity contribution < 1.29 is 0 Å². The second-order valence-corrected chi connectivity index (χ2v) is 9.65. The topological polar surface area (TPSA) is 17.8 Å². The van der Waals surface area contributed by atoms with Crippen molar-refractivity contribution in [1.82, 2.24) is 9.78 Å². The third-order valence-electron chi connectivity index (χ3n) is 6.36. The molecule has 0 fully saturated rings. The summed E-state index contributed by atoms with van der Waals surface area (Å²) >= 11 is 1.79. The summed E-state index contributed by atoms with van der Waals surface area (Å²) in [5.41, 5.74) is 6.46. The molecule has 0 amide bonds. The summed E-state index contributed by atoms with van der Waals surface area (Å²) in [7, 11) is 0. The number of unbranched alkanes of at least 4 members (excludes halogenated alkanes) is 1. The van der Waals surface area contributed by atoms with E-state index in [2.05, 4.69) is 65.6 Å². The van der Waals surface area contributed by atoms with Crippen molar-refractivity contribution in [1.29, 1.82) is 0 Å². The van der Waals surface area contributed by atoms with Crippen molar-refractivity contribution in [3.8, 4) is 0 Å². The number of hydrogen-bond acceptors (Lipinski definition) is 2. The summed E-state index contributed by atoms with van der Waals surface area (Å²) in [6.07, 6.45) is 11.2. The van der Waals surface area contributed by atoms with Crippen molar-refractivity contribution in [3.63, 3.8) is 0 Å². The molecule has 1 aromatic rings. The third-order valence-corrected chi connectivity index (χ3v) is 7.46. The van der Waals surface area contributed by atoms with E-state index in [1.165, 1.54) is 42.6 Å².